The summed E-state index contributed by atoms with van der Waals surface area (Å²) in [5, 5.41) is 15.3. The van der Waals surface area contributed by atoms with Crippen molar-refractivity contribution < 1.29 is 9.90 Å². The first-order valence-corrected chi connectivity index (χ1v) is 5.28. The second kappa shape index (κ2) is 5.32. The predicted octanol–water partition coefficient (Wildman–Crippen LogP) is -0.128. The number of carbonyl (C=O) groups is 1. The zero-order chi connectivity index (χ0) is 10.6. The van der Waals surface area contributed by atoms with E-state index in [1.54, 1.807) is 7.05 Å². The zero-order valence-corrected chi connectivity index (χ0v) is 8.92. The Kier molecular flexibility index (Phi) is 4.35. The van der Waals surface area contributed by atoms with E-state index in [0.29, 0.717) is 6.54 Å². The minimum atomic E-state index is -0.222. The summed E-state index contributed by atoms with van der Waals surface area (Å²) >= 11 is 0. The molecule has 0 spiro atoms. The van der Waals surface area contributed by atoms with Crippen LogP contribution in [-0.2, 0) is 4.79 Å². The van der Waals surface area contributed by atoms with Gasteiger partial charge in [-0.15, -0.1) is 0 Å². The summed E-state index contributed by atoms with van der Waals surface area (Å²) in [6.45, 7) is 2.42. The van der Waals surface area contributed by atoms with E-state index in [-0.39, 0.29) is 24.0 Å². The second-order valence-electron chi connectivity index (χ2n) is 4.01. The molecule has 3 N–H and O–H groups in total. The van der Waals surface area contributed by atoms with Crippen molar-refractivity contribution in [3.05, 3.63) is 0 Å². The third-order valence-electron chi connectivity index (χ3n) is 2.98. The number of carbonyl (C=O) groups excluding carboxylic acids is 1. The molecular weight excluding hydrogens is 180 g/mol. The van der Waals surface area contributed by atoms with Crippen LogP contribution in [-0.4, -0.2) is 36.8 Å². The maximum absolute atomic E-state index is 11.4. The maximum Gasteiger partial charge on any atom is 0.236 e. The lowest BCUT2D eigenvalue weighted by atomic mass is 10.1. The van der Waals surface area contributed by atoms with Crippen molar-refractivity contribution in [3.8, 4) is 0 Å². The minimum absolute atomic E-state index is 0.00611. The summed E-state index contributed by atoms with van der Waals surface area (Å²) in [6.07, 6.45) is 2.75. The highest BCUT2D eigenvalue weighted by atomic mass is 16.3. The maximum atomic E-state index is 11.4. The van der Waals surface area contributed by atoms with E-state index in [9.17, 15) is 9.90 Å². The fourth-order valence-electron chi connectivity index (χ4n) is 1.77. The minimum Gasteiger partial charge on any atom is -0.393 e. The van der Waals surface area contributed by atoms with Crippen molar-refractivity contribution in [2.24, 2.45) is 5.92 Å². The standard InChI is InChI=1S/C10H20N2O2/c1-7(11-2)10(14)12-6-8-4-3-5-9(8)13/h7-9,11,13H,3-6H2,1-2H3,(H,12,14). The van der Waals surface area contributed by atoms with Crippen LogP contribution in [0.1, 0.15) is 26.2 Å². The summed E-state index contributed by atoms with van der Waals surface area (Å²) in [6, 6.07) is -0.159. The molecule has 4 nitrogen and oxygen atoms in total. The van der Waals surface area contributed by atoms with E-state index in [0.717, 1.165) is 19.3 Å². The van der Waals surface area contributed by atoms with E-state index < -0.39 is 0 Å². The summed E-state index contributed by atoms with van der Waals surface area (Å²) in [7, 11) is 1.76. The molecule has 1 fully saturated rings. The smallest absolute Gasteiger partial charge is 0.236 e. The summed E-state index contributed by atoms with van der Waals surface area (Å²) in [4.78, 5) is 11.4. The summed E-state index contributed by atoms with van der Waals surface area (Å²) < 4.78 is 0. The first-order chi connectivity index (χ1) is 6.65. The van der Waals surface area contributed by atoms with Gasteiger partial charge in [-0.05, 0) is 26.8 Å². The molecule has 0 bridgehead atoms. The van der Waals surface area contributed by atoms with E-state index in [2.05, 4.69) is 10.6 Å². The van der Waals surface area contributed by atoms with Gasteiger partial charge in [0.05, 0.1) is 12.1 Å². The monoisotopic (exact) mass is 200 g/mol. The molecule has 0 aromatic heterocycles. The molecule has 1 rings (SSSR count). The van der Waals surface area contributed by atoms with Gasteiger partial charge < -0.3 is 15.7 Å². The van der Waals surface area contributed by atoms with E-state index >= 15 is 0 Å². The molecule has 0 saturated heterocycles. The largest absolute Gasteiger partial charge is 0.393 e. The molecule has 3 atom stereocenters. The number of hydrogen-bond donors (Lipinski definition) is 3. The van der Waals surface area contributed by atoms with Crippen LogP contribution in [0.5, 0.6) is 0 Å². The van der Waals surface area contributed by atoms with Gasteiger partial charge in [-0.3, -0.25) is 4.79 Å². The van der Waals surface area contributed by atoms with Gasteiger partial charge in [-0.2, -0.15) is 0 Å². The third-order valence-corrected chi connectivity index (χ3v) is 2.98. The van der Waals surface area contributed by atoms with Crippen LogP contribution < -0.4 is 10.6 Å². The lowest BCUT2D eigenvalue weighted by molar-refractivity contribution is -0.122. The molecule has 14 heavy (non-hydrogen) atoms. The fraction of sp³-hybridized carbons (Fsp3) is 0.900. The molecule has 3 unspecified atom stereocenters. The topological polar surface area (TPSA) is 61.4 Å². The Morgan fingerprint density at radius 3 is 2.79 bits per heavy atom. The van der Waals surface area contributed by atoms with Crippen molar-refractivity contribution in [1.29, 1.82) is 0 Å². The first kappa shape index (κ1) is 11.5. The average molecular weight is 200 g/mol. The number of likely N-dealkylation sites (N-methyl/N-ethyl adjacent to an activating group) is 1. The number of rotatable bonds is 4. The number of nitrogens with one attached hydrogen (secondary N) is 2. The summed E-state index contributed by atoms with van der Waals surface area (Å²) in [5.74, 6) is 0.259. The van der Waals surface area contributed by atoms with Crippen molar-refractivity contribution >= 4 is 5.91 Å². The Morgan fingerprint density at radius 1 is 1.57 bits per heavy atom. The Balaban J connectivity index is 2.22. The van der Waals surface area contributed by atoms with Gasteiger partial charge in [0.15, 0.2) is 0 Å². The highest BCUT2D eigenvalue weighted by Crippen LogP contribution is 2.24. The molecule has 0 aliphatic heterocycles. The van der Waals surface area contributed by atoms with Gasteiger partial charge in [0.2, 0.25) is 5.91 Å². The SMILES string of the molecule is CNC(C)C(=O)NCC1CCCC1O. The Morgan fingerprint density at radius 2 is 2.29 bits per heavy atom. The van der Waals surface area contributed by atoms with Gasteiger partial charge in [-0.25, -0.2) is 0 Å². The molecule has 1 aliphatic carbocycles. The lowest BCUT2D eigenvalue weighted by Crippen LogP contribution is -2.43. The van der Waals surface area contributed by atoms with E-state index in [1.807, 2.05) is 6.92 Å². The Labute approximate surface area is 85.1 Å². The van der Waals surface area contributed by atoms with E-state index in [4.69, 9.17) is 0 Å². The molecule has 1 saturated carbocycles. The average Bonchev–Trinajstić information content (AvgIpc) is 2.59. The number of aliphatic hydroxyl groups excluding tert-OH is 1. The zero-order valence-electron chi connectivity index (χ0n) is 8.92. The molecular formula is C10H20N2O2. The van der Waals surface area contributed by atoms with Crippen LogP contribution in [0, 0.1) is 5.92 Å². The molecule has 0 aromatic carbocycles. The highest BCUT2D eigenvalue weighted by Gasteiger charge is 2.25. The van der Waals surface area contributed by atoms with Gasteiger partial charge in [0.1, 0.15) is 0 Å². The normalized spacial score (nSPS) is 28.8. The molecule has 82 valence electrons. The molecule has 0 aromatic rings. The quantitative estimate of drug-likeness (QED) is 0.592. The number of amides is 1. The molecule has 1 aliphatic rings. The van der Waals surface area contributed by atoms with Crippen LogP contribution >= 0.6 is 0 Å². The van der Waals surface area contributed by atoms with Gasteiger partial charge in [0.25, 0.3) is 0 Å². The van der Waals surface area contributed by atoms with Gasteiger partial charge >= 0.3 is 0 Å². The van der Waals surface area contributed by atoms with Crippen LogP contribution in [0.4, 0.5) is 0 Å². The van der Waals surface area contributed by atoms with Gasteiger partial charge in [-0.1, -0.05) is 6.42 Å². The van der Waals surface area contributed by atoms with Crippen LogP contribution in [0.2, 0.25) is 0 Å². The van der Waals surface area contributed by atoms with Crippen LogP contribution in [0.15, 0.2) is 0 Å². The van der Waals surface area contributed by atoms with Crippen molar-refractivity contribution in [1.82, 2.24) is 10.6 Å². The second-order valence-corrected chi connectivity index (χ2v) is 4.01. The first-order valence-electron chi connectivity index (χ1n) is 5.28. The van der Waals surface area contributed by atoms with Crippen molar-refractivity contribution in [3.63, 3.8) is 0 Å². The third kappa shape index (κ3) is 2.96. The number of hydrogen-bond acceptors (Lipinski definition) is 3. The lowest BCUT2D eigenvalue weighted by Gasteiger charge is -2.17. The Bertz CT molecular complexity index is 197. The highest BCUT2D eigenvalue weighted by molar-refractivity contribution is 5.81. The fourth-order valence-corrected chi connectivity index (χ4v) is 1.77. The van der Waals surface area contributed by atoms with E-state index in [1.165, 1.54) is 0 Å². The molecule has 0 radical (unpaired) electrons. The predicted molar refractivity (Wildman–Crippen MR) is 54.9 cm³/mol. The van der Waals surface area contributed by atoms with Crippen LogP contribution in [0.3, 0.4) is 0 Å². The van der Waals surface area contributed by atoms with Crippen molar-refractivity contribution in [2.75, 3.05) is 13.6 Å². The molecule has 4 heteroatoms. The van der Waals surface area contributed by atoms with Crippen molar-refractivity contribution in [2.45, 2.75) is 38.3 Å². The van der Waals surface area contributed by atoms with Gasteiger partial charge in [0, 0.05) is 12.5 Å². The molecule has 0 heterocycles. The Hall–Kier alpha value is -0.610. The number of aliphatic hydroxyl groups is 1. The molecule has 1 amide bonds. The summed E-state index contributed by atoms with van der Waals surface area (Å²) in [5.41, 5.74) is 0. The van der Waals surface area contributed by atoms with Crippen LogP contribution in [0.25, 0.3) is 0 Å².